The summed E-state index contributed by atoms with van der Waals surface area (Å²) in [5.74, 6) is 0.0629. The fourth-order valence-electron chi connectivity index (χ4n) is 2.72. The van der Waals surface area contributed by atoms with Gasteiger partial charge in [-0.05, 0) is 36.0 Å². The molecule has 20 heavy (non-hydrogen) atoms. The minimum absolute atomic E-state index is 0. The molecule has 0 aliphatic heterocycles. The fraction of sp³-hybridized carbons (Fsp3) is 0.333. The predicted molar refractivity (Wildman–Crippen MR) is 78.2 cm³/mol. The molecule has 1 aliphatic rings. The van der Waals surface area contributed by atoms with Gasteiger partial charge in [0, 0.05) is 18.8 Å². The van der Waals surface area contributed by atoms with Gasteiger partial charge in [-0.25, -0.2) is 4.98 Å². The molecule has 2 N–H and O–H groups in total. The molecule has 2 aromatic rings. The van der Waals surface area contributed by atoms with Gasteiger partial charge in [-0.2, -0.15) is 0 Å². The first kappa shape index (κ1) is 14.6. The summed E-state index contributed by atoms with van der Waals surface area (Å²) in [4.78, 5) is 18.4. The Balaban J connectivity index is 0.00000147. The third-order valence-electron chi connectivity index (χ3n) is 3.77. The molecule has 0 radical (unpaired) electrons. The van der Waals surface area contributed by atoms with E-state index in [0.29, 0.717) is 6.42 Å². The smallest absolute Gasteiger partial charge is 0.306 e. The summed E-state index contributed by atoms with van der Waals surface area (Å²) in [7, 11) is 0. The van der Waals surface area contributed by atoms with Gasteiger partial charge in [-0.3, -0.25) is 4.79 Å². The van der Waals surface area contributed by atoms with E-state index in [4.69, 9.17) is 5.11 Å². The molecular weight excluding hydrogens is 276 g/mol. The zero-order valence-electron chi connectivity index (χ0n) is 11.0. The SMILES string of the molecule is Cl.O=C(O)C1CCc2cc(Cc3ncc[nH]3)ccc2C1. The molecule has 0 saturated carbocycles. The number of aliphatic carboxylic acids is 1. The number of aromatic amines is 1. The molecule has 4 nitrogen and oxygen atoms in total. The van der Waals surface area contributed by atoms with Crippen LogP contribution in [0, 0.1) is 5.92 Å². The van der Waals surface area contributed by atoms with Crippen molar-refractivity contribution in [2.75, 3.05) is 0 Å². The van der Waals surface area contributed by atoms with E-state index in [0.717, 1.165) is 25.1 Å². The molecule has 1 aliphatic carbocycles. The number of aromatic nitrogens is 2. The van der Waals surface area contributed by atoms with Crippen molar-refractivity contribution in [3.05, 3.63) is 53.1 Å². The second-order valence-electron chi connectivity index (χ2n) is 5.09. The predicted octanol–water partition coefficient (Wildman–Crippen LogP) is 2.61. The zero-order valence-corrected chi connectivity index (χ0v) is 11.8. The van der Waals surface area contributed by atoms with Crippen LogP contribution in [0.4, 0.5) is 0 Å². The van der Waals surface area contributed by atoms with E-state index in [1.165, 1.54) is 16.7 Å². The number of H-pyrrole nitrogens is 1. The number of rotatable bonds is 3. The van der Waals surface area contributed by atoms with E-state index in [2.05, 4.69) is 28.2 Å². The van der Waals surface area contributed by atoms with Gasteiger partial charge < -0.3 is 10.1 Å². The first-order valence-corrected chi connectivity index (χ1v) is 6.54. The van der Waals surface area contributed by atoms with Crippen LogP contribution >= 0.6 is 12.4 Å². The van der Waals surface area contributed by atoms with Crippen LogP contribution in [-0.4, -0.2) is 21.0 Å². The van der Waals surface area contributed by atoms with Gasteiger partial charge in [-0.15, -0.1) is 12.4 Å². The Kier molecular flexibility index (Phi) is 4.45. The second kappa shape index (κ2) is 6.09. The van der Waals surface area contributed by atoms with Crippen molar-refractivity contribution in [2.45, 2.75) is 25.7 Å². The van der Waals surface area contributed by atoms with E-state index in [-0.39, 0.29) is 18.3 Å². The molecule has 3 rings (SSSR count). The first-order valence-electron chi connectivity index (χ1n) is 6.54. The van der Waals surface area contributed by atoms with Gasteiger partial charge in [0.2, 0.25) is 0 Å². The quantitative estimate of drug-likeness (QED) is 0.914. The molecule has 106 valence electrons. The summed E-state index contributed by atoms with van der Waals surface area (Å²) >= 11 is 0. The monoisotopic (exact) mass is 292 g/mol. The van der Waals surface area contributed by atoms with Crippen molar-refractivity contribution in [3.8, 4) is 0 Å². The Bertz CT molecular complexity index is 596. The Morgan fingerprint density at radius 3 is 2.95 bits per heavy atom. The molecule has 1 aromatic carbocycles. The summed E-state index contributed by atoms with van der Waals surface area (Å²) in [6.45, 7) is 0. The number of nitrogens with zero attached hydrogens (tertiary/aromatic N) is 1. The molecular formula is C15H17ClN2O2. The number of fused-ring (bicyclic) bond motifs is 1. The summed E-state index contributed by atoms with van der Waals surface area (Å²) in [6.07, 6.45) is 6.63. The molecule has 1 aromatic heterocycles. The molecule has 1 unspecified atom stereocenters. The normalized spacial score (nSPS) is 17.1. The van der Waals surface area contributed by atoms with Crippen molar-refractivity contribution in [1.82, 2.24) is 9.97 Å². The Labute approximate surface area is 123 Å². The van der Waals surface area contributed by atoms with Gasteiger partial charge in [0.15, 0.2) is 0 Å². The van der Waals surface area contributed by atoms with Crippen molar-refractivity contribution in [1.29, 1.82) is 0 Å². The zero-order chi connectivity index (χ0) is 13.2. The summed E-state index contributed by atoms with van der Waals surface area (Å²) < 4.78 is 0. The van der Waals surface area contributed by atoms with Gasteiger partial charge in [0.25, 0.3) is 0 Å². The molecule has 0 amide bonds. The fourth-order valence-corrected chi connectivity index (χ4v) is 2.72. The topological polar surface area (TPSA) is 66.0 Å². The highest BCUT2D eigenvalue weighted by Crippen LogP contribution is 2.27. The van der Waals surface area contributed by atoms with Gasteiger partial charge in [0.1, 0.15) is 5.82 Å². The van der Waals surface area contributed by atoms with E-state index in [1.807, 2.05) is 6.20 Å². The maximum absolute atomic E-state index is 11.0. The van der Waals surface area contributed by atoms with Crippen LogP contribution in [-0.2, 0) is 24.1 Å². The highest BCUT2D eigenvalue weighted by molar-refractivity contribution is 5.85. The highest BCUT2D eigenvalue weighted by atomic mass is 35.5. The number of carboxylic acids is 1. The summed E-state index contributed by atoms with van der Waals surface area (Å²) in [5, 5.41) is 9.08. The number of aryl methyl sites for hydroxylation is 1. The molecule has 0 fully saturated rings. The summed E-state index contributed by atoms with van der Waals surface area (Å²) in [5.41, 5.74) is 3.70. The average molecular weight is 293 g/mol. The number of halogens is 1. The van der Waals surface area contributed by atoms with E-state index < -0.39 is 5.97 Å². The lowest BCUT2D eigenvalue weighted by molar-refractivity contribution is -0.142. The number of hydrogen-bond donors (Lipinski definition) is 2. The van der Waals surface area contributed by atoms with Crippen LogP contribution in [0.2, 0.25) is 0 Å². The number of hydrogen-bond acceptors (Lipinski definition) is 2. The maximum atomic E-state index is 11.0. The number of carbonyl (C=O) groups is 1. The van der Waals surface area contributed by atoms with Crippen molar-refractivity contribution in [3.63, 3.8) is 0 Å². The molecule has 0 bridgehead atoms. The van der Waals surface area contributed by atoms with E-state index in [1.54, 1.807) is 6.20 Å². The van der Waals surface area contributed by atoms with E-state index >= 15 is 0 Å². The maximum Gasteiger partial charge on any atom is 0.306 e. The van der Waals surface area contributed by atoms with Gasteiger partial charge >= 0.3 is 5.97 Å². The number of benzene rings is 1. The lowest BCUT2D eigenvalue weighted by Crippen LogP contribution is -2.22. The second-order valence-corrected chi connectivity index (χ2v) is 5.09. The summed E-state index contributed by atoms with van der Waals surface area (Å²) in [6, 6.07) is 6.34. The largest absolute Gasteiger partial charge is 0.481 e. The Morgan fingerprint density at radius 2 is 2.25 bits per heavy atom. The average Bonchev–Trinajstić information content (AvgIpc) is 2.91. The number of nitrogens with one attached hydrogen (secondary N) is 1. The molecule has 5 heteroatoms. The minimum atomic E-state index is -0.676. The van der Waals surface area contributed by atoms with Crippen LogP contribution in [0.15, 0.2) is 30.6 Å². The highest BCUT2D eigenvalue weighted by Gasteiger charge is 2.24. The molecule has 1 heterocycles. The number of imidazole rings is 1. The van der Waals surface area contributed by atoms with Crippen LogP contribution in [0.1, 0.15) is 28.9 Å². The Morgan fingerprint density at radius 1 is 1.40 bits per heavy atom. The third-order valence-corrected chi connectivity index (χ3v) is 3.77. The molecule has 0 spiro atoms. The van der Waals surface area contributed by atoms with Crippen molar-refractivity contribution >= 4 is 18.4 Å². The van der Waals surface area contributed by atoms with Crippen LogP contribution in [0.3, 0.4) is 0 Å². The van der Waals surface area contributed by atoms with Crippen molar-refractivity contribution < 1.29 is 9.90 Å². The lowest BCUT2D eigenvalue weighted by Gasteiger charge is -2.22. The third kappa shape index (κ3) is 3.02. The van der Waals surface area contributed by atoms with Gasteiger partial charge in [0.05, 0.1) is 5.92 Å². The van der Waals surface area contributed by atoms with E-state index in [9.17, 15) is 4.79 Å². The van der Waals surface area contributed by atoms with Crippen LogP contribution < -0.4 is 0 Å². The van der Waals surface area contributed by atoms with Crippen LogP contribution in [0.5, 0.6) is 0 Å². The lowest BCUT2D eigenvalue weighted by atomic mass is 9.83. The molecule has 1 atom stereocenters. The van der Waals surface area contributed by atoms with Gasteiger partial charge in [-0.1, -0.05) is 18.2 Å². The minimum Gasteiger partial charge on any atom is -0.481 e. The Hall–Kier alpha value is -1.81. The number of carboxylic acid groups (broad SMARTS) is 1. The standard InChI is InChI=1S/C15H16N2O2.ClH/c18-15(19)13-4-3-11-7-10(1-2-12(11)9-13)8-14-16-5-6-17-14;/h1-2,5-7,13H,3-4,8-9H2,(H,16,17)(H,18,19);1H. The molecule has 0 saturated heterocycles. The van der Waals surface area contributed by atoms with Crippen LogP contribution in [0.25, 0.3) is 0 Å². The first-order chi connectivity index (χ1) is 9.22. The van der Waals surface area contributed by atoms with Crippen molar-refractivity contribution in [2.24, 2.45) is 5.92 Å².